The van der Waals surface area contributed by atoms with E-state index < -0.39 is 7.37 Å². The Hall–Kier alpha value is 1.19. The van der Waals surface area contributed by atoms with Crippen LogP contribution in [0.4, 0.5) is 0 Å². The minimum atomic E-state index is -2.98. The van der Waals surface area contributed by atoms with Crippen molar-refractivity contribution in [1.82, 2.24) is 0 Å². The maximum absolute atomic E-state index is 12.4. The van der Waals surface area contributed by atoms with Crippen molar-refractivity contribution in [3.8, 4) is 0 Å². The van der Waals surface area contributed by atoms with Gasteiger partial charge in [-0.05, 0) is 35.5 Å². The average molecular weight is 314 g/mol. The molecule has 2 atom stereocenters. The fraction of sp³-hybridized carbons (Fsp3) is 1.00. The fourth-order valence-electron chi connectivity index (χ4n) is 3.27. The van der Waals surface area contributed by atoms with Gasteiger partial charge in [-0.1, -0.05) is 55.4 Å². The summed E-state index contributed by atoms with van der Waals surface area (Å²) in [6, 6.07) is 0. The van der Waals surface area contributed by atoms with Gasteiger partial charge in [0.15, 0.2) is 0 Å². The molecule has 0 fully saturated rings. The molecule has 0 saturated heterocycles. The van der Waals surface area contributed by atoms with Gasteiger partial charge in [0.05, 0.1) is 0 Å². The van der Waals surface area contributed by atoms with Crippen LogP contribution in [0, 0.1) is 22.7 Å². The quantitative estimate of drug-likeness (QED) is 0.567. The minimum absolute atomic E-state index is 0. The van der Waals surface area contributed by atoms with Crippen molar-refractivity contribution in [3.05, 3.63) is 0 Å². The summed E-state index contributed by atoms with van der Waals surface area (Å²) in [5.41, 5.74) is 0.465. The van der Waals surface area contributed by atoms with Crippen molar-refractivity contribution in [2.75, 3.05) is 12.3 Å². The third kappa shape index (κ3) is 14.1. The van der Waals surface area contributed by atoms with Crippen LogP contribution in [-0.4, -0.2) is 46.8 Å². The monoisotopic (exact) mass is 314 g/mol. The zero-order valence-corrected chi connectivity index (χ0v) is 15.2. The number of rotatable bonds is 6. The van der Waals surface area contributed by atoms with Crippen LogP contribution in [0.3, 0.4) is 0 Å². The summed E-state index contributed by atoms with van der Waals surface area (Å²) in [6.07, 6.45) is 2.95. The molecule has 0 heterocycles. The zero-order chi connectivity index (χ0) is 15.5. The maximum atomic E-state index is 12.4. The standard InChI is InChI=1S/C16H35O2P.Na.H/c1-13(9-15(3,4)5)11-19(17,18)12-14(2)10-16(6,7)8;;/h13-14H,9-12H2,1-8H3,(H,17,18);;. The molecule has 118 valence electrons. The van der Waals surface area contributed by atoms with E-state index in [1.807, 2.05) is 0 Å². The molecule has 0 aliphatic rings. The molecule has 0 aromatic carbocycles. The van der Waals surface area contributed by atoms with Crippen molar-refractivity contribution in [3.63, 3.8) is 0 Å². The molecule has 0 radical (unpaired) electrons. The Kier molecular flexibility index (Phi) is 10.2. The van der Waals surface area contributed by atoms with E-state index in [2.05, 4.69) is 55.4 Å². The van der Waals surface area contributed by atoms with Crippen molar-refractivity contribution >= 4 is 36.9 Å². The van der Waals surface area contributed by atoms with Crippen LogP contribution in [0.2, 0.25) is 0 Å². The van der Waals surface area contributed by atoms with E-state index in [1.165, 1.54) is 0 Å². The van der Waals surface area contributed by atoms with E-state index in [4.69, 9.17) is 0 Å². The second-order valence-corrected chi connectivity index (χ2v) is 11.4. The van der Waals surface area contributed by atoms with Crippen LogP contribution >= 0.6 is 7.37 Å². The van der Waals surface area contributed by atoms with Crippen LogP contribution in [0.25, 0.3) is 0 Å². The predicted octanol–water partition coefficient (Wildman–Crippen LogP) is 4.75. The Balaban J connectivity index is 0. The fourth-order valence-corrected chi connectivity index (χ4v) is 5.62. The molecule has 0 aromatic rings. The second-order valence-electron chi connectivity index (χ2n) is 8.95. The van der Waals surface area contributed by atoms with Gasteiger partial charge in [-0.3, -0.25) is 4.57 Å². The molecule has 2 unspecified atom stereocenters. The summed E-state index contributed by atoms with van der Waals surface area (Å²) in [4.78, 5) is 10.2. The van der Waals surface area contributed by atoms with E-state index in [-0.39, 0.29) is 40.4 Å². The molecular weight excluding hydrogens is 278 g/mol. The van der Waals surface area contributed by atoms with Crippen molar-refractivity contribution in [2.45, 2.75) is 68.2 Å². The van der Waals surface area contributed by atoms with Crippen LogP contribution in [0.15, 0.2) is 0 Å². The van der Waals surface area contributed by atoms with Crippen LogP contribution in [0.1, 0.15) is 68.2 Å². The molecule has 0 aliphatic carbocycles. The molecule has 0 amide bonds. The third-order valence-electron chi connectivity index (χ3n) is 3.12. The summed E-state index contributed by atoms with van der Waals surface area (Å²) >= 11 is 0. The Labute approximate surface area is 149 Å². The molecule has 0 bridgehead atoms. The molecule has 0 aliphatic heterocycles. The SMILES string of the molecule is CC(CC(C)(C)C)CP(=O)(O)CC(C)CC(C)(C)C.[NaH]. The van der Waals surface area contributed by atoms with Gasteiger partial charge in [-0.2, -0.15) is 0 Å². The third-order valence-corrected chi connectivity index (χ3v) is 5.50. The van der Waals surface area contributed by atoms with Crippen LogP contribution < -0.4 is 0 Å². The van der Waals surface area contributed by atoms with E-state index >= 15 is 0 Å². The van der Waals surface area contributed by atoms with Gasteiger partial charge in [0.2, 0.25) is 7.37 Å². The Morgan fingerprint density at radius 1 is 0.850 bits per heavy atom. The van der Waals surface area contributed by atoms with Crippen molar-refractivity contribution in [2.24, 2.45) is 22.7 Å². The van der Waals surface area contributed by atoms with E-state index in [9.17, 15) is 9.46 Å². The summed E-state index contributed by atoms with van der Waals surface area (Å²) in [7, 11) is -2.98. The summed E-state index contributed by atoms with van der Waals surface area (Å²) < 4.78 is 12.4. The summed E-state index contributed by atoms with van der Waals surface area (Å²) in [5, 5.41) is 0. The van der Waals surface area contributed by atoms with Crippen molar-refractivity contribution in [1.29, 1.82) is 0 Å². The Bertz CT molecular complexity index is 287. The van der Waals surface area contributed by atoms with E-state index in [1.54, 1.807) is 0 Å². The normalized spacial score (nSPS) is 18.9. The first-order valence-corrected chi connectivity index (χ1v) is 9.54. The van der Waals surface area contributed by atoms with Crippen LogP contribution in [-0.2, 0) is 4.57 Å². The molecule has 0 spiro atoms. The molecular formula is C16H36NaO2P. The molecule has 2 nitrogen and oxygen atoms in total. The number of hydrogen-bond acceptors (Lipinski definition) is 1. The second kappa shape index (κ2) is 8.73. The van der Waals surface area contributed by atoms with Gasteiger partial charge in [0.25, 0.3) is 0 Å². The first kappa shape index (κ1) is 23.5. The molecule has 20 heavy (non-hydrogen) atoms. The Morgan fingerprint density at radius 2 is 1.10 bits per heavy atom. The molecule has 4 heteroatoms. The molecule has 0 saturated carbocycles. The molecule has 0 rings (SSSR count). The van der Waals surface area contributed by atoms with Gasteiger partial charge in [0.1, 0.15) is 0 Å². The molecule has 1 N–H and O–H groups in total. The molecule has 0 aromatic heterocycles. The zero-order valence-electron chi connectivity index (χ0n) is 14.3. The van der Waals surface area contributed by atoms with E-state index in [0.29, 0.717) is 24.2 Å². The first-order chi connectivity index (χ1) is 8.20. The van der Waals surface area contributed by atoms with Gasteiger partial charge < -0.3 is 4.89 Å². The van der Waals surface area contributed by atoms with Crippen molar-refractivity contribution < 1.29 is 9.46 Å². The average Bonchev–Trinajstić information content (AvgIpc) is 1.89. The predicted molar refractivity (Wildman–Crippen MR) is 93.2 cm³/mol. The Morgan fingerprint density at radius 3 is 1.30 bits per heavy atom. The first-order valence-electron chi connectivity index (χ1n) is 7.51. The van der Waals surface area contributed by atoms with Gasteiger partial charge >= 0.3 is 29.6 Å². The topological polar surface area (TPSA) is 37.3 Å². The van der Waals surface area contributed by atoms with Gasteiger partial charge in [-0.25, -0.2) is 0 Å². The summed E-state index contributed by atoms with van der Waals surface area (Å²) in [6.45, 7) is 17.3. The van der Waals surface area contributed by atoms with E-state index in [0.717, 1.165) is 12.8 Å². The van der Waals surface area contributed by atoms with Gasteiger partial charge in [-0.15, -0.1) is 0 Å². The van der Waals surface area contributed by atoms with Gasteiger partial charge in [0, 0.05) is 12.3 Å². The van der Waals surface area contributed by atoms with Crippen LogP contribution in [0.5, 0.6) is 0 Å². The number of hydrogen-bond donors (Lipinski definition) is 1. The summed E-state index contributed by atoms with van der Waals surface area (Å²) in [5.74, 6) is 0.635.